The van der Waals surface area contributed by atoms with E-state index in [4.69, 9.17) is 19.2 Å². The lowest BCUT2D eigenvalue weighted by molar-refractivity contribution is 0.00553. The van der Waals surface area contributed by atoms with Gasteiger partial charge in [-0.2, -0.15) is 0 Å². The maximum Gasteiger partial charge on any atom is 0.410 e. The van der Waals surface area contributed by atoms with E-state index in [0.29, 0.717) is 45.5 Å². The molecular formula is C33H50N8O4Si. The first-order valence-electron chi connectivity index (χ1n) is 16.3. The van der Waals surface area contributed by atoms with Crippen molar-refractivity contribution >= 4 is 42.5 Å². The van der Waals surface area contributed by atoms with Crippen LogP contribution in [0.1, 0.15) is 52.3 Å². The van der Waals surface area contributed by atoms with E-state index < -0.39 is 13.7 Å². The standard InChI is InChI=1S/C33H50N8O4Si/c1-23-18-39(19-24(2)41(23)32(42)45-33(3,4)5)31-34-12-9-26(38-31)17-35-29-28-27(25-10-13-43-14-11-25)20-40(30(28)37-21-36-29)22-44-15-16-46(6,7)8/h9-10,12,20-21,23-24H,11,13-19,22H2,1-8H3,(H,35,36,37)/t23-,24+. The highest BCUT2D eigenvalue weighted by Crippen LogP contribution is 2.34. The van der Waals surface area contributed by atoms with Gasteiger partial charge >= 0.3 is 6.09 Å². The van der Waals surface area contributed by atoms with E-state index in [1.165, 1.54) is 5.57 Å². The van der Waals surface area contributed by atoms with Gasteiger partial charge in [0, 0.05) is 45.7 Å². The maximum absolute atomic E-state index is 12.9. The Bertz CT molecular complexity index is 1530. The second-order valence-corrected chi connectivity index (χ2v) is 20.1. The average molecular weight is 651 g/mol. The molecule has 2 aliphatic heterocycles. The number of carbonyl (C=O) groups excluding carboxylic acids is 1. The molecule has 0 spiro atoms. The first kappa shape index (κ1) is 33.8. The Morgan fingerprint density at radius 1 is 1.13 bits per heavy atom. The minimum Gasteiger partial charge on any atom is -0.444 e. The van der Waals surface area contributed by atoms with Crippen LogP contribution in [0.5, 0.6) is 0 Å². The van der Waals surface area contributed by atoms with Gasteiger partial charge in [-0.15, -0.1) is 0 Å². The van der Waals surface area contributed by atoms with Crippen molar-refractivity contribution < 1.29 is 19.0 Å². The summed E-state index contributed by atoms with van der Waals surface area (Å²) < 4.78 is 19.5. The quantitative estimate of drug-likeness (QED) is 0.214. The topological polar surface area (TPSA) is 120 Å². The summed E-state index contributed by atoms with van der Waals surface area (Å²) in [5.74, 6) is 1.39. The number of carbonyl (C=O) groups is 1. The Morgan fingerprint density at radius 3 is 2.57 bits per heavy atom. The number of ether oxygens (including phenoxy) is 3. The molecule has 5 rings (SSSR count). The second-order valence-electron chi connectivity index (χ2n) is 14.5. The highest BCUT2D eigenvalue weighted by Gasteiger charge is 2.36. The molecule has 1 amide bonds. The summed E-state index contributed by atoms with van der Waals surface area (Å²) in [4.78, 5) is 35.7. The molecule has 3 aromatic rings. The smallest absolute Gasteiger partial charge is 0.410 e. The normalized spacial score (nSPS) is 19.3. The van der Waals surface area contributed by atoms with Crippen LogP contribution >= 0.6 is 0 Å². The van der Waals surface area contributed by atoms with Crippen LogP contribution in [-0.2, 0) is 27.5 Å². The number of amides is 1. The fraction of sp³-hybridized carbons (Fsp3) is 0.606. The first-order chi connectivity index (χ1) is 21.8. The molecule has 250 valence electrons. The Labute approximate surface area is 273 Å². The molecule has 1 N–H and O–H groups in total. The molecule has 12 nitrogen and oxygen atoms in total. The van der Waals surface area contributed by atoms with E-state index in [9.17, 15) is 4.79 Å². The van der Waals surface area contributed by atoms with Crippen LogP contribution in [0.15, 0.2) is 30.9 Å². The zero-order chi connectivity index (χ0) is 33.1. The number of fused-ring (bicyclic) bond motifs is 1. The summed E-state index contributed by atoms with van der Waals surface area (Å²) in [5.41, 5.74) is 3.46. The fourth-order valence-corrected chi connectivity index (χ4v) is 6.64. The van der Waals surface area contributed by atoms with Gasteiger partial charge in [-0.3, -0.25) is 4.90 Å². The van der Waals surface area contributed by atoms with Crippen LogP contribution in [0.4, 0.5) is 16.6 Å². The van der Waals surface area contributed by atoms with E-state index in [2.05, 4.69) is 61.6 Å². The van der Waals surface area contributed by atoms with Gasteiger partial charge in [0.25, 0.3) is 0 Å². The number of nitrogens with one attached hydrogen (secondary N) is 1. The van der Waals surface area contributed by atoms with Crippen LogP contribution < -0.4 is 10.2 Å². The third-order valence-corrected chi connectivity index (χ3v) is 9.84. The molecule has 5 heterocycles. The second kappa shape index (κ2) is 14.1. The van der Waals surface area contributed by atoms with Gasteiger partial charge < -0.3 is 29.0 Å². The lowest BCUT2D eigenvalue weighted by atomic mass is 10.0. The lowest BCUT2D eigenvalue weighted by Crippen LogP contribution is -2.59. The largest absolute Gasteiger partial charge is 0.444 e. The average Bonchev–Trinajstić information content (AvgIpc) is 3.36. The lowest BCUT2D eigenvalue weighted by Gasteiger charge is -2.44. The van der Waals surface area contributed by atoms with E-state index in [-0.39, 0.29) is 18.2 Å². The molecule has 13 heteroatoms. The summed E-state index contributed by atoms with van der Waals surface area (Å²) in [6, 6.07) is 2.92. The minimum absolute atomic E-state index is 0.0558. The van der Waals surface area contributed by atoms with Gasteiger partial charge in [-0.05, 0) is 58.7 Å². The predicted octanol–water partition coefficient (Wildman–Crippen LogP) is 5.78. The summed E-state index contributed by atoms with van der Waals surface area (Å²) in [6.07, 6.45) is 8.22. The molecule has 0 aliphatic carbocycles. The van der Waals surface area contributed by atoms with Gasteiger partial charge in [0.05, 0.1) is 42.9 Å². The summed E-state index contributed by atoms with van der Waals surface area (Å²) in [7, 11) is -1.19. The number of piperazine rings is 1. The third kappa shape index (κ3) is 8.42. The number of rotatable bonds is 10. The van der Waals surface area contributed by atoms with Gasteiger partial charge in [-0.25, -0.2) is 24.7 Å². The van der Waals surface area contributed by atoms with E-state index in [1.54, 1.807) is 12.5 Å². The van der Waals surface area contributed by atoms with Crippen LogP contribution in [0, 0.1) is 0 Å². The minimum atomic E-state index is -1.19. The zero-order valence-electron chi connectivity index (χ0n) is 28.7. The molecule has 0 bridgehead atoms. The molecule has 0 unspecified atom stereocenters. The molecule has 0 saturated carbocycles. The number of nitrogens with zero attached hydrogens (tertiary/aromatic N) is 7. The number of aromatic nitrogens is 5. The monoisotopic (exact) mass is 650 g/mol. The van der Waals surface area contributed by atoms with Gasteiger partial charge in [0.1, 0.15) is 30.1 Å². The fourth-order valence-electron chi connectivity index (χ4n) is 5.88. The van der Waals surface area contributed by atoms with Crippen molar-refractivity contribution in [3.05, 3.63) is 42.1 Å². The Hall–Kier alpha value is -3.55. The Balaban J connectivity index is 1.32. The van der Waals surface area contributed by atoms with Gasteiger partial charge in [-0.1, -0.05) is 25.7 Å². The van der Waals surface area contributed by atoms with Crippen molar-refractivity contribution in [1.82, 2.24) is 29.4 Å². The van der Waals surface area contributed by atoms with E-state index in [1.807, 2.05) is 45.6 Å². The molecule has 2 atom stereocenters. The molecule has 46 heavy (non-hydrogen) atoms. The molecule has 1 fully saturated rings. The summed E-state index contributed by atoms with van der Waals surface area (Å²) in [5, 5.41) is 4.51. The third-order valence-electron chi connectivity index (χ3n) is 8.13. The maximum atomic E-state index is 12.9. The van der Waals surface area contributed by atoms with Gasteiger partial charge in [0.2, 0.25) is 5.95 Å². The molecule has 0 radical (unpaired) electrons. The molecule has 2 aliphatic rings. The first-order valence-corrected chi connectivity index (χ1v) is 20.0. The number of hydrogen-bond donors (Lipinski definition) is 1. The van der Waals surface area contributed by atoms with Crippen LogP contribution in [0.2, 0.25) is 25.7 Å². The molecule has 0 aromatic carbocycles. The SMILES string of the molecule is C[C@@H]1CN(c2nccc(CNc3ncnc4c3c(C3=CCOCC3)cn4COCC[Si](C)(C)C)n2)C[C@H](C)N1C(=O)OC(C)(C)C. The van der Waals surface area contributed by atoms with Crippen LogP contribution in [-0.4, -0.2) is 94.2 Å². The number of anilines is 2. The summed E-state index contributed by atoms with van der Waals surface area (Å²) in [6.45, 7) is 21.0. The Kier molecular flexibility index (Phi) is 10.3. The van der Waals surface area contributed by atoms with Crippen molar-refractivity contribution in [2.75, 3.05) is 43.1 Å². The Morgan fingerprint density at radius 2 is 1.89 bits per heavy atom. The van der Waals surface area contributed by atoms with Gasteiger partial charge in [0.15, 0.2) is 0 Å². The van der Waals surface area contributed by atoms with Crippen molar-refractivity contribution in [3.8, 4) is 0 Å². The highest BCUT2D eigenvalue weighted by atomic mass is 28.3. The van der Waals surface area contributed by atoms with Crippen molar-refractivity contribution in [2.45, 2.75) is 97.7 Å². The molecular weight excluding hydrogens is 601 g/mol. The van der Waals surface area contributed by atoms with Crippen LogP contribution in [0.3, 0.4) is 0 Å². The molecule has 1 saturated heterocycles. The highest BCUT2D eigenvalue weighted by molar-refractivity contribution is 6.76. The van der Waals surface area contributed by atoms with E-state index >= 15 is 0 Å². The zero-order valence-corrected chi connectivity index (χ0v) is 29.7. The predicted molar refractivity (Wildman–Crippen MR) is 184 cm³/mol. The van der Waals surface area contributed by atoms with Crippen molar-refractivity contribution in [3.63, 3.8) is 0 Å². The van der Waals surface area contributed by atoms with E-state index in [0.717, 1.165) is 47.2 Å². The number of hydrogen-bond acceptors (Lipinski definition) is 10. The molecule has 3 aromatic heterocycles. The summed E-state index contributed by atoms with van der Waals surface area (Å²) >= 11 is 0. The van der Waals surface area contributed by atoms with Crippen molar-refractivity contribution in [2.24, 2.45) is 0 Å². The van der Waals surface area contributed by atoms with Crippen molar-refractivity contribution in [1.29, 1.82) is 0 Å². The van der Waals surface area contributed by atoms with Crippen LogP contribution in [0.25, 0.3) is 16.6 Å².